The second-order valence-corrected chi connectivity index (χ2v) is 7.83. The highest BCUT2D eigenvalue weighted by atomic mass is 32.2. The Hall–Kier alpha value is -2.58. The molecule has 0 aliphatic heterocycles. The zero-order chi connectivity index (χ0) is 20.4. The second kappa shape index (κ2) is 8.04. The molecule has 4 aromatic rings. The van der Waals surface area contributed by atoms with Crippen molar-refractivity contribution in [1.29, 1.82) is 0 Å². The number of H-pyrrole nitrogens is 1. The molecule has 1 N–H and O–H groups in total. The fraction of sp³-hybridized carbons (Fsp3) is 0.143. The first-order valence-electron chi connectivity index (χ1n) is 8.82. The van der Waals surface area contributed by atoms with Crippen LogP contribution in [0.5, 0.6) is 0 Å². The number of alkyl halides is 3. The minimum absolute atomic E-state index is 0.269. The van der Waals surface area contributed by atoms with Crippen molar-refractivity contribution in [1.82, 2.24) is 14.8 Å². The van der Waals surface area contributed by atoms with Crippen LogP contribution in [0.25, 0.3) is 16.5 Å². The van der Waals surface area contributed by atoms with Crippen molar-refractivity contribution >= 4 is 34.8 Å². The van der Waals surface area contributed by atoms with Crippen LogP contribution in [0.15, 0.2) is 66.7 Å². The highest BCUT2D eigenvalue weighted by Crippen LogP contribution is 2.31. The lowest BCUT2D eigenvalue weighted by atomic mass is 10.1. The van der Waals surface area contributed by atoms with E-state index in [4.69, 9.17) is 12.2 Å². The Morgan fingerprint density at radius 3 is 2.55 bits per heavy atom. The standard InChI is InChI=1S/C21H16F3N3S2/c22-21(23,24)16-8-4-9-17(11-16)27-19(25-26-20(27)28)13-29-12-15-7-3-6-14-5-1-2-10-18(14)15/h1-11H,12-13H2,(H,26,28). The molecule has 4 rings (SSSR count). The van der Waals surface area contributed by atoms with Gasteiger partial charge in [-0.25, -0.2) is 0 Å². The van der Waals surface area contributed by atoms with Gasteiger partial charge in [-0.3, -0.25) is 9.67 Å². The normalized spacial score (nSPS) is 11.8. The highest BCUT2D eigenvalue weighted by molar-refractivity contribution is 7.97. The van der Waals surface area contributed by atoms with Crippen LogP contribution >= 0.6 is 24.0 Å². The van der Waals surface area contributed by atoms with E-state index in [0.717, 1.165) is 17.9 Å². The Kier molecular flexibility index (Phi) is 5.47. The third-order valence-electron chi connectivity index (χ3n) is 4.54. The summed E-state index contributed by atoms with van der Waals surface area (Å²) in [6.45, 7) is 0. The molecule has 0 bridgehead atoms. The third kappa shape index (κ3) is 4.23. The Morgan fingerprint density at radius 2 is 1.72 bits per heavy atom. The van der Waals surface area contributed by atoms with E-state index < -0.39 is 11.7 Å². The summed E-state index contributed by atoms with van der Waals surface area (Å²) in [5.74, 6) is 1.84. The molecule has 0 aliphatic rings. The monoisotopic (exact) mass is 431 g/mol. The van der Waals surface area contributed by atoms with Crippen LogP contribution < -0.4 is 0 Å². The van der Waals surface area contributed by atoms with Crippen LogP contribution in [0.1, 0.15) is 17.0 Å². The maximum Gasteiger partial charge on any atom is 0.416 e. The van der Waals surface area contributed by atoms with Crippen LogP contribution in [-0.2, 0) is 17.7 Å². The Labute approximate surface area is 174 Å². The zero-order valence-electron chi connectivity index (χ0n) is 15.1. The van der Waals surface area contributed by atoms with Gasteiger partial charge in [-0.15, -0.1) is 11.8 Å². The summed E-state index contributed by atoms with van der Waals surface area (Å²) in [6, 6.07) is 19.5. The number of nitrogens with one attached hydrogen (secondary N) is 1. The first kappa shape index (κ1) is 19.7. The Balaban J connectivity index is 1.56. The number of nitrogens with zero attached hydrogens (tertiary/aromatic N) is 2. The van der Waals surface area contributed by atoms with Gasteiger partial charge < -0.3 is 0 Å². The summed E-state index contributed by atoms with van der Waals surface area (Å²) in [5, 5.41) is 9.29. The van der Waals surface area contributed by atoms with Crippen molar-refractivity contribution in [2.24, 2.45) is 0 Å². The Morgan fingerprint density at radius 1 is 0.966 bits per heavy atom. The number of thioether (sulfide) groups is 1. The number of aromatic nitrogens is 3. The van der Waals surface area contributed by atoms with Crippen molar-refractivity contribution in [3.8, 4) is 5.69 Å². The lowest BCUT2D eigenvalue weighted by molar-refractivity contribution is -0.137. The van der Waals surface area contributed by atoms with Gasteiger partial charge in [0.2, 0.25) is 0 Å². The van der Waals surface area contributed by atoms with Gasteiger partial charge in [0.1, 0.15) is 5.82 Å². The molecule has 0 unspecified atom stereocenters. The van der Waals surface area contributed by atoms with E-state index in [1.807, 2.05) is 18.2 Å². The van der Waals surface area contributed by atoms with E-state index in [0.29, 0.717) is 17.3 Å². The number of fused-ring (bicyclic) bond motifs is 1. The van der Waals surface area contributed by atoms with E-state index in [1.165, 1.54) is 22.4 Å². The first-order valence-corrected chi connectivity index (χ1v) is 10.4. The average Bonchev–Trinajstić information content (AvgIpc) is 3.08. The fourth-order valence-corrected chi connectivity index (χ4v) is 4.39. The summed E-state index contributed by atoms with van der Waals surface area (Å²) in [6.07, 6.45) is -4.41. The number of rotatable bonds is 5. The number of benzene rings is 3. The molecule has 0 spiro atoms. The molecule has 0 saturated heterocycles. The predicted molar refractivity (Wildman–Crippen MR) is 113 cm³/mol. The van der Waals surface area contributed by atoms with E-state index in [2.05, 4.69) is 34.5 Å². The van der Waals surface area contributed by atoms with Gasteiger partial charge in [-0.05, 0) is 46.8 Å². The van der Waals surface area contributed by atoms with Crippen molar-refractivity contribution in [2.75, 3.05) is 0 Å². The molecule has 3 nitrogen and oxygen atoms in total. The van der Waals surface area contributed by atoms with Gasteiger partial charge in [0, 0.05) is 5.75 Å². The smallest absolute Gasteiger partial charge is 0.271 e. The van der Waals surface area contributed by atoms with Crippen LogP contribution in [0.2, 0.25) is 0 Å². The maximum absolute atomic E-state index is 13.1. The number of halogens is 3. The van der Waals surface area contributed by atoms with Gasteiger partial charge in [0.25, 0.3) is 0 Å². The molecule has 148 valence electrons. The van der Waals surface area contributed by atoms with Crippen LogP contribution in [0, 0.1) is 4.77 Å². The Bertz CT molecular complexity index is 1210. The summed E-state index contributed by atoms with van der Waals surface area (Å²) in [5.41, 5.74) is 0.833. The van der Waals surface area contributed by atoms with Crippen molar-refractivity contribution in [3.63, 3.8) is 0 Å². The van der Waals surface area contributed by atoms with Crippen molar-refractivity contribution in [2.45, 2.75) is 17.7 Å². The van der Waals surface area contributed by atoms with Crippen LogP contribution in [0.3, 0.4) is 0 Å². The molecule has 0 fully saturated rings. The number of hydrogen-bond acceptors (Lipinski definition) is 3. The zero-order valence-corrected chi connectivity index (χ0v) is 16.7. The second-order valence-electron chi connectivity index (χ2n) is 6.46. The minimum atomic E-state index is -4.41. The van der Waals surface area contributed by atoms with Gasteiger partial charge >= 0.3 is 6.18 Å². The van der Waals surface area contributed by atoms with Crippen LogP contribution in [-0.4, -0.2) is 14.8 Å². The first-order chi connectivity index (χ1) is 13.9. The molecule has 1 heterocycles. The van der Waals surface area contributed by atoms with E-state index >= 15 is 0 Å². The lowest BCUT2D eigenvalue weighted by Crippen LogP contribution is -2.07. The van der Waals surface area contributed by atoms with E-state index in [-0.39, 0.29) is 4.77 Å². The summed E-state index contributed by atoms with van der Waals surface area (Å²) in [4.78, 5) is 0. The molecular formula is C21H16F3N3S2. The molecule has 1 aromatic heterocycles. The lowest BCUT2D eigenvalue weighted by Gasteiger charge is -2.11. The van der Waals surface area contributed by atoms with Crippen molar-refractivity contribution < 1.29 is 13.2 Å². The highest BCUT2D eigenvalue weighted by Gasteiger charge is 2.30. The molecule has 0 atom stereocenters. The summed E-state index contributed by atoms with van der Waals surface area (Å²) < 4.78 is 41.0. The quantitative estimate of drug-likeness (QED) is 0.365. The summed E-state index contributed by atoms with van der Waals surface area (Å²) in [7, 11) is 0. The predicted octanol–water partition coefficient (Wildman–Crippen LogP) is 6.54. The van der Waals surface area contributed by atoms with Crippen LogP contribution in [0.4, 0.5) is 13.2 Å². The average molecular weight is 432 g/mol. The fourth-order valence-electron chi connectivity index (χ4n) is 3.18. The van der Waals surface area contributed by atoms with Gasteiger partial charge in [-0.2, -0.15) is 18.3 Å². The maximum atomic E-state index is 13.1. The van der Waals surface area contributed by atoms with Gasteiger partial charge in [0.15, 0.2) is 4.77 Å². The van der Waals surface area contributed by atoms with Crippen molar-refractivity contribution in [3.05, 3.63) is 88.5 Å². The molecule has 0 saturated carbocycles. The largest absolute Gasteiger partial charge is 0.416 e. The number of aromatic amines is 1. The van der Waals surface area contributed by atoms with E-state index in [9.17, 15) is 13.2 Å². The summed E-state index contributed by atoms with van der Waals surface area (Å²) >= 11 is 6.89. The number of hydrogen-bond donors (Lipinski definition) is 1. The molecular weight excluding hydrogens is 415 g/mol. The van der Waals surface area contributed by atoms with E-state index in [1.54, 1.807) is 22.4 Å². The molecule has 8 heteroatoms. The topological polar surface area (TPSA) is 33.6 Å². The van der Waals surface area contributed by atoms with Gasteiger partial charge in [-0.1, -0.05) is 48.5 Å². The minimum Gasteiger partial charge on any atom is -0.271 e. The third-order valence-corrected chi connectivity index (χ3v) is 5.79. The SMILES string of the molecule is FC(F)(F)c1cccc(-n2c(CSCc3cccc4ccccc34)n[nH]c2=S)c1. The molecule has 0 amide bonds. The van der Waals surface area contributed by atoms with Gasteiger partial charge in [0.05, 0.1) is 17.0 Å². The molecule has 0 aliphatic carbocycles. The molecule has 3 aromatic carbocycles. The molecule has 0 radical (unpaired) electrons. The molecule has 29 heavy (non-hydrogen) atoms.